The van der Waals surface area contributed by atoms with E-state index >= 15 is 0 Å². The van der Waals surface area contributed by atoms with Gasteiger partial charge in [-0.25, -0.2) is 17.7 Å². The van der Waals surface area contributed by atoms with Crippen LogP contribution in [0.15, 0.2) is 24.4 Å². The van der Waals surface area contributed by atoms with Gasteiger partial charge in [-0.2, -0.15) is 0 Å². The molecule has 0 unspecified atom stereocenters. The maximum absolute atomic E-state index is 12.7. The zero-order valence-electron chi connectivity index (χ0n) is 16.7. The molecule has 0 atom stereocenters. The van der Waals surface area contributed by atoms with Crippen molar-refractivity contribution in [2.24, 2.45) is 0 Å². The normalized spacial score (nSPS) is 16.0. The van der Waals surface area contributed by atoms with Gasteiger partial charge in [0, 0.05) is 37.6 Å². The minimum Gasteiger partial charge on any atom is -0.489 e. The maximum atomic E-state index is 12.7. The lowest BCUT2D eigenvalue weighted by atomic mass is 10.1. The molecule has 0 saturated carbocycles. The third-order valence-corrected chi connectivity index (χ3v) is 6.43. The van der Waals surface area contributed by atoms with E-state index in [9.17, 15) is 13.2 Å². The van der Waals surface area contributed by atoms with Crippen molar-refractivity contribution in [3.05, 3.63) is 46.5 Å². The monoisotopic (exact) mass is 440 g/mol. The van der Waals surface area contributed by atoms with Crippen molar-refractivity contribution < 1.29 is 17.9 Å². The minimum atomic E-state index is -3.17. The topological polar surface area (TPSA) is 95.6 Å². The number of ether oxygens (including phenoxy) is 1. The molecule has 10 heteroatoms. The second kappa shape index (κ2) is 8.73. The number of sulfonamides is 1. The smallest absolute Gasteiger partial charge is 0.254 e. The number of nitrogens with one attached hydrogen (secondary N) is 1. The van der Waals surface area contributed by atoms with Gasteiger partial charge < -0.3 is 14.6 Å². The number of aryl methyl sites for hydroxylation is 1. The van der Waals surface area contributed by atoms with Crippen LogP contribution in [0.25, 0.3) is 0 Å². The molecule has 1 aromatic carbocycles. The fourth-order valence-electron chi connectivity index (χ4n) is 3.25. The van der Waals surface area contributed by atoms with Gasteiger partial charge in [0.25, 0.3) is 5.91 Å². The van der Waals surface area contributed by atoms with Gasteiger partial charge in [-0.1, -0.05) is 11.6 Å². The predicted molar refractivity (Wildman–Crippen MR) is 111 cm³/mol. The molecule has 0 radical (unpaired) electrons. The fourth-order valence-corrected chi connectivity index (χ4v) is 4.35. The van der Waals surface area contributed by atoms with Crippen LogP contribution in [0.3, 0.4) is 0 Å². The Bertz CT molecular complexity index is 984. The fraction of sp³-hybridized carbons (Fsp3) is 0.474. The van der Waals surface area contributed by atoms with Crippen LogP contribution in [0.1, 0.15) is 34.7 Å². The van der Waals surface area contributed by atoms with E-state index in [-0.39, 0.29) is 12.0 Å². The average Bonchev–Trinajstić information content (AvgIpc) is 3.07. The van der Waals surface area contributed by atoms with Crippen LogP contribution >= 0.6 is 11.6 Å². The minimum absolute atomic E-state index is 0.114. The molecule has 29 heavy (non-hydrogen) atoms. The standard InChI is InChI=1S/C19H25ClN4O4S/c1-13-11-21-18(22-13)12-23(2)19(25)14-4-5-17(16(20)10-14)28-15-6-8-24(9-7-15)29(3,26)27/h4-5,10-11,15H,6-9,12H2,1-3H3,(H,21,22). The van der Waals surface area contributed by atoms with Crippen molar-refractivity contribution in [1.29, 1.82) is 0 Å². The Morgan fingerprint density at radius 2 is 2.07 bits per heavy atom. The van der Waals surface area contributed by atoms with Crippen LogP contribution in [-0.2, 0) is 16.6 Å². The van der Waals surface area contributed by atoms with E-state index in [1.165, 1.54) is 10.6 Å². The molecular weight excluding hydrogens is 416 g/mol. The van der Waals surface area contributed by atoms with Crippen molar-refractivity contribution in [2.45, 2.75) is 32.4 Å². The van der Waals surface area contributed by atoms with Crippen LogP contribution in [-0.4, -0.2) is 66.0 Å². The molecule has 2 heterocycles. The van der Waals surface area contributed by atoms with E-state index < -0.39 is 10.0 Å². The molecule has 1 saturated heterocycles. The van der Waals surface area contributed by atoms with Crippen LogP contribution in [0, 0.1) is 6.92 Å². The van der Waals surface area contributed by atoms with Gasteiger partial charge in [-0.15, -0.1) is 0 Å². The zero-order chi connectivity index (χ0) is 21.2. The summed E-state index contributed by atoms with van der Waals surface area (Å²) in [4.78, 5) is 21.5. The van der Waals surface area contributed by atoms with Gasteiger partial charge >= 0.3 is 0 Å². The number of rotatable bonds is 6. The van der Waals surface area contributed by atoms with Crippen molar-refractivity contribution in [3.8, 4) is 5.75 Å². The van der Waals surface area contributed by atoms with Crippen LogP contribution in [0.2, 0.25) is 5.02 Å². The molecule has 0 spiro atoms. The zero-order valence-corrected chi connectivity index (χ0v) is 18.3. The molecule has 1 aromatic heterocycles. The number of amides is 1. The van der Waals surface area contributed by atoms with E-state index in [0.717, 1.165) is 5.69 Å². The molecule has 158 valence electrons. The first-order valence-electron chi connectivity index (χ1n) is 9.31. The highest BCUT2D eigenvalue weighted by molar-refractivity contribution is 7.88. The molecule has 2 aromatic rings. The van der Waals surface area contributed by atoms with Gasteiger partial charge in [-0.3, -0.25) is 4.79 Å². The number of benzene rings is 1. The first-order valence-corrected chi connectivity index (χ1v) is 11.5. The van der Waals surface area contributed by atoms with Crippen LogP contribution < -0.4 is 4.74 Å². The summed E-state index contributed by atoms with van der Waals surface area (Å²) in [6.07, 6.45) is 4.00. The Morgan fingerprint density at radius 1 is 1.38 bits per heavy atom. The van der Waals surface area contributed by atoms with E-state index in [1.54, 1.807) is 36.3 Å². The number of aromatic amines is 1. The Morgan fingerprint density at radius 3 is 2.62 bits per heavy atom. The second-order valence-corrected chi connectivity index (χ2v) is 9.69. The first kappa shape index (κ1) is 21.6. The average molecular weight is 441 g/mol. The number of hydrogen-bond acceptors (Lipinski definition) is 5. The predicted octanol–water partition coefficient (Wildman–Crippen LogP) is 2.45. The number of imidazole rings is 1. The number of nitrogens with zero attached hydrogens (tertiary/aromatic N) is 3. The van der Waals surface area contributed by atoms with Crippen molar-refractivity contribution in [1.82, 2.24) is 19.2 Å². The van der Waals surface area contributed by atoms with Crippen molar-refractivity contribution in [3.63, 3.8) is 0 Å². The lowest BCUT2D eigenvalue weighted by Crippen LogP contribution is -2.41. The Kier molecular flexibility index (Phi) is 6.50. The number of halogens is 1. The van der Waals surface area contributed by atoms with E-state index in [1.807, 2.05) is 6.92 Å². The number of carbonyl (C=O) groups is 1. The highest BCUT2D eigenvalue weighted by Gasteiger charge is 2.26. The molecule has 8 nitrogen and oxygen atoms in total. The van der Waals surface area contributed by atoms with Crippen molar-refractivity contribution in [2.75, 3.05) is 26.4 Å². The van der Waals surface area contributed by atoms with E-state index in [4.69, 9.17) is 16.3 Å². The molecule has 0 aliphatic carbocycles. The summed E-state index contributed by atoms with van der Waals surface area (Å²) in [6.45, 7) is 3.12. The van der Waals surface area contributed by atoms with E-state index in [2.05, 4.69) is 9.97 Å². The summed E-state index contributed by atoms with van der Waals surface area (Å²) in [6, 6.07) is 4.96. The van der Waals surface area contributed by atoms with Crippen LogP contribution in [0.5, 0.6) is 5.75 Å². The second-order valence-electron chi connectivity index (χ2n) is 7.30. The molecule has 1 N–H and O–H groups in total. The highest BCUT2D eigenvalue weighted by Crippen LogP contribution is 2.29. The van der Waals surface area contributed by atoms with Gasteiger partial charge in [-0.05, 0) is 38.0 Å². The largest absolute Gasteiger partial charge is 0.489 e. The summed E-state index contributed by atoms with van der Waals surface area (Å²) in [5, 5.41) is 0.351. The number of piperidine rings is 1. The molecular formula is C19H25ClN4O4S. The lowest BCUT2D eigenvalue weighted by Gasteiger charge is -2.30. The lowest BCUT2D eigenvalue weighted by molar-refractivity contribution is 0.0781. The summed E-state index contributed by atoms with van der Waals surface area (Å²) in [7, 11) is -1.47. The molecule has 1 aliphatic rings. The molecule has 3 rings (SSSR count). The third kappa shape index (κ3) is 5.49. The Balaban J connectivity index is 1.60. The molecule has 1 fully saturated rings. The summed E-state index contributed by atoms with van der Waals surface area (Å²) >= 11 is 6.34. The summed E-state index contributed by atoms with van der Waals surface area (Å²) in [5.74, 6) is 1.03. The molecule has 1 aliphatic heterocycles. The molecule has 1 amide bonds. The van der Waals surface area contributed by atoms with Gasteiger partial charge in [0.05, 0.1) is 17.8 Å². The maximum Gasteiger partial charge on any atom is 0.254 e. The SMILES string of the molecule is Cc1cnc(CN(C)C(=O)c2ccc(OC3CCN(S(C)(=O)=O)CC3)c(Cl)c2)[nH]1. The quantitative estimate of drug-likeness (QED) is 0.744. The Hall–Kier alpha value is -2.10. The van der Waals surface area contributed by atoms with Crippen molar-refractivity contribution >= 4 is 27.5 Å². The van der Waals surface area contributed by atoms with Crippen LogP contribution in [0.4, 0.5) is 0 Å². The number of hydrogen-bond donors (Lipinski definition) is 1. The summed E-state index contributed by atoms with van der Waals surface area (Å²) in [5.41, 5.74) is 1.40. The molecule has 0 bridgehead atoms. The summed E-state index contributed by atoms with van der Waals surface area (Å²) < 4.78 is 30.6. The third-order valence-electron chi connectivity index (χ3n) is 4.83. The van der Waals surface area contributed by atoms with Gasteiger partial charge in [0.15, 0.2) is 0 Å². The number of H-pyrrole nitrogens is 1. The first-order chi connectivity index (χ1) is 13.6. The van der Waals surface area contributed by atoms with Gasteiger partial charge in [0.2, 0.25) is 10.0 Å². The highest BCUT2D eigenvalue weighted by atomic mass is 35.5. The number of carbonyl (C=O) groups excluding carboxylic acids is 1. The van der Waals surface area contributed by atoms with E-state index in [0.29, 0.717) is 54.6 Å². The number of aromatic nitrogens is 2. The van der Waals surface area contributed by atoms with Gasteiger partial charge in [0.1, 0.15) is 17.7 Å². The Labute approximate surface area is 175 Å².